The average molecular weight is 380 g/mol. The first-order valence-electron chi connectivity index (χ1n) is 7.45. The van der Waals surface area contributed by atoms with Crippen LogP contribution in [0.25, 0.3) is 0 Å². The second-order valence-electron chi connectivity index (χ2n) is 5.46. The molecule has 7 heteroatoms. The van der Waals surface area contributed by atoms with Crippen LogP contribution in [0.2, 0.25) is 0 Å². The summed E-state index contributed by atoms with van der Waals surface area (Å²) in [5, 5.41) is 0. The molecule has 3 rings (SSSR count). The van der Waals surface area contributed by atoms with E-state index >= 15 is 0 Å². The molecular formula is C16H18BrN3O3. The van der Waals surface area contributed by atoms with Crippen LogP contribution >= 0.6 is 15.9 Å². The number of anilines is 1. The third-order valence-corrected chi connectivity index (χ3v) is 4.77. The SMILES string of the molecule is Cn1c(=O)cc(N2CCOCC2)n(Cc2ccccc2Br)c1=O. The van der Waals surface area contributed by atoms with Crippen molar-refractivity contribution in [1.82, 2.24) is 9.13 Å². The molecule has 6 nitrogen and oxygen atoms in total. The van der Waals surface area contributed by atoms with Gasteiger partial charge in [0.05, 0.1) is 19.8 Å². The molecule has 0 radical (unpaired) electrons. The van der Waals surface area contributed by atoms with E-state index in [0.29, 0.717) is 38.7 Å². The van der Waals surface area contributed by atoms with Crippen molar-refractivity contribution in [2.24, 2.45) is 7.05 Å². The quantitative estimate of drug-likeness (QED) is 0.803. The molecule has 1 saturated heterocycles. The van der Waals surface area contributed by atoms with Gasteiger partial charge in [0.25, 0.3) is 5.56 Å². The third kappa shape index (κ3) is 3.25. The standard InChI is InChI=1S/C16H18BrN3O3/c1-18-15(21)10-14(19-6-8-23-9-7-19)20(16(18)22)11-12-4-2-3-5-13(12)17/h2-5,10H,6-9,11H2,1H3. The van der Waals surface area contributed by atoms with E-state index in [9.17, 15) is 9.59 Å². The number of ether oxygens (including phenoxy) is 1. The summed E-state index contributed by atoms with van der Waals surface area (Å²) in [6.45, 7) is 2.93. The van der Waals surface area contributed by atoms with Crippen molar-refractivity contribution >= 4 is 21.7 Å². The molecule has 1 fully saturated rings. The maximum atomic E-state index is 12.6. The molecular weight excluding hydrogens is 362 g/mol. The zero-order valence-corrected chi connectivity index (χ0v) is 14.5. The molecule has 2 heterocycles. The number of hydrogen-bond acceptors (Lipinski definition) is 4. The van der Waals surface area contributed by atoms with Gasteiger partial charge >= 0.3 is 5.69 Å². The maximum absolute atomic E-state index is 12.6. The molecule has 0 atom stereocenters. The highest BCUT2D eigenvalue weighted by Crippen LogP contribution is 2.19. The number of halogens is 1. The summed E-state index contributed by atoms with van der Waals surface area (Å²) in [4.78, 5) is 26.7. The molecule has 0 saturated carbocycles. The normalized spacial score (nSPS) is 15.0. The third-order valence-electron chi connectivity index (χ3n) is 4.00. The molecule has 0 N–H and O–H groups in total. The van der Waals surface area contributed by atoms with Crippen LogP contribution in [0.3, 0.4) is 0 Å². The number of hydrogen-bond donors (Lipinski definition) is 0. The lowest BCUT2D eigenvalue weighted by molar-refractivity contribution is 0.122. The summed E-state index contributed by atoms with van der Waals surface area (Å²) in [6.07, 6.45) is 0. The van der Waals surface area contributed by atoms with E-state index < -0.39 is 0 Å². The first kappa shape index (κ1) is 16.0. The molecule has 1 aliphatic rings. The molecule has 1 aliphatic heterocycles. The Kier molecular flexibility index (Phi) is 4.68. The Labute approximate surface area is 142 Å². The van der Waals surface area contributed by atoms with Crippen molar-refractivity contribution in [3.63, 3.8) is 0 Å². The number of rotatable bonds is 3. The second-order valence-corrected chi connectivity index (χ2v) is 6.31. The summed E-state index contributed by atoms with van der Waals surface area (Å²) < 4.78 is 9.09. The van der Waals surface area contributed by atoms with Crippen LogP contribution in [0.5, 0.6) is 0 Å². The Hall–Kier alpha value is -1.86. The van der Waals surface area contributed by atoms with Gasteiger partial charge in [0.15, 0.2) is 0 Å². The Morgan fingerprint density at radius 1 is 1.17 bits per heavy atom. The summed E-state index contributed by atoms with van der Waals surface area (Å²) in [6, 6.07) is 9.30. The fourth-order valence-electron chi connectivity index (χ4n) is 2.66. The molecule has 1 aromatic carbocycles. The highest BCUT2D eigenvalue weighted by molar-refractivity contribution is 9.10. The van der Waals surface area contributed by atoms with Crippen LogP contribution in [0, 0.1) is 0 Å². The number of benzene rings is 1. The molecule has 23 heavy (non-hydrogen) atoms. The number of morpholine rings is 1. The Morgan fingerprint density at radius 3 is 2.57 bits per heavy atom. The van der Waals surface area contributed by atoms with Crippen molar-refractivity contribution in [3.8, 4) is 0 Å². The van der Waals surface area contributed by atoms with Gasteiger partial charge in [-0.3, -0.25) is 13.9 Å². The molecule has 0 spiro atoms. The molecule has 0 unspecified atom stereocenters. The minimum absolute atomic E-state index is 0.292. The lowest BCUT2D eigenvalue weighted by Gasteiger charge is -2.30. The van der Waals surface area contributed by atoms with Crippen molar-refractivity contribution in [2.75, 3.05) is 31.2 Å². The fraction of sp³-hybridized carbons (Fsp3) is 0.375. The van der Waals surface area contributed by atoms with Gasteiger partial charge in [0.1, 0.15) is 5.82 Å². The highest BCUT2D eigenvalue weighted by Gasteiger charge is 2.18. The second kappa shape index (κ2) is 6.72. The maximum Gasteiger partial charge on any atom is 0.332 e. The molecule has 122 valence electrons. The van der Waals surface area contributed by atoms with Crippen molar-refractivity contribution in [3.05, 3.63) is 61.2 Å². The smallest absolute Gasteiger partial charge is 0.332 e. The predicted octanol–water partition coefficient (Wildman–Crippen LogP) is 1.19. The largest absolute Gasteiger partial charge is 0.378 e. The average Bonchev–Trinajstić information content (AvgIpc) is 2.57. The van der Waals surface area contributed by atoms with Crippen LogP contribution in [-0.2, 0) is 18.3 Å². The van der Waals surface area contributed by atoms with Crippen LogP contribution in [0.1, 0.15) is 5.56 Å². The van der Waals surface area contributed by atoms with Crippen molar-refractivity contribution in [1.29, 1.82) is 0 Å². The van der Waals surface area contributed by atoms with E-state index in [4.69, 9.17) is 4.74 Å². The molecule has 0 amide bonds. The topological polar surface area (TPSA) is 56.5 Å². The van der Waals surface area contributed by atoms with Gasteiger partial charge in [-0.15, -0.1) is 0 Å². The highest BCUT2D eigenvalue weighted by atomic mass is 79.9. The zero-order valence-electron chi connectivity index (χ0n) is 12.9. The van der Waals surface area contributed by atoms with E-state index in [0.717, 1.165) is 14.6 Å². The van der Waals surface area contributed by atoms with Gasteiger partial charge in [0, 0.05) is 30.7 Å². The first-order chi connectivity index (χ1) is 11.1. The summed E-state index contributed by atoms with van der Waals surface area (Å²) in [5.74, 6) is 0.650. The van der Waals surface area contributed by atoms with Gasteiger partial charge in [-0.05, 0) is 11.6 Å². The summed E-state index contributed by atoms with van der Waals surface area (Å²) >= 11 is 3.51. The lowest BCUT2D eigenvalue weighted by atomic mass is 10.2. The van der Waals surface area contributed by atoms with Gasteiger partial charge in [-0.2, -0.15) is 0 Å². The van der Waals surface area contributed by atoms with E-state index in [1.165, 1.54) is 13.1 Å². The predicted molar refractivity (Wildman–Crippen MR) is 92.2 cm³/mol. The Morgan fingerprint density at radius 2 is 1.87 bits per heavy atom. The number of nitrogens with zero attached hydrogens (tertiary/aromatic N) is 3. The minimum atomic E-state index is -0.310. The van der Waals surface area contributed by atoms with Crippen LogP contribution in [0.15, 0.2) is 44.4 Å². The summed E-state index contributed by atoms with van der Waals surface area (Å²) in [5.41, 5.74) is 0.386. The van der Waals surface area contributed by atoms with Gasteiger partial charge in [-0.25, -0.2) is 4.79 Å². The van der Waals surface area contributed by atoms with Gasteiger partial charge in [0.2, 0.25) is 0 Å². The first-order valence-corrected chi connectivity index (χ1v) is 8.24. The minimum Gasteiger partial charge on any atom is -0.378 e. The van der Waals surface area contributed by atoms with Crippen molar-refractivity contribution in [2.45, 2.75) is 6.54 Å². The van der Waals surface area contributed by atoms with Gasteiger partial charge in [-0.1, -0.05) is 34.1 Å². The van der Waals surface area contributed by atoms with E-state index in [1.54, 1.807) is 4.57 Å². The van der Waals surface area contributed by atoms with E-state index in [1.807, 2.05) is 29.2 Å². The Bertz CT molecular complexity index is 822. The monoisotopic (exact) mass is 379 g/mol. The van der Waals surface area contributed by atoms with Crippen molar-refractivity contribution < 1.29 is 4.74 Å². The summed E-state index contributed by atoms with van der Waals surface area (Å²) in [7, 11) is 1.50. The molecule has 1 aromatic heterocycles. The Balaban J connectivity index is 2.10. The molecule has 2 aromatic rings. The van der Waals surface area contributed by atoms with Crippen LogP contribution in [-0.4, -0.2) is 35.4 Å². The van der Waals surface area contributed by atoms with Gasteiger partial charge < -0.3 is 9.64 Å². The zero-order chi connectivity index (χ0) is 16.4. The van der Waals surface area contributed by atoms with E-state index in [2.05, 4.69) is 15.9 Å². The lowest BCUT2D eigenvalue weighted by Crippen LogP contribution is -2.44. The molecule has 0 bridgehead atoms. The number of aromatic nitrogens is 2. The fourth-order valence-corrected chi connectivity index (χ4v) is 3.07. The van der Waals surface area contributed by atoms with Crippen LogP contribution < -0.4 is 16.1 Å². The van der Waals surface area contributed by atoms with E-state index in [-0.39, 0.29) is 11.2 Å². The van der Waals surface area contributed by atoms with Crippen LogP contribution in [0.4, 0.5) is 5.82 Å². The molecule has 0 aliphatic carbocycles.